The van der Waals surface area contributed by atoms with E-state index in [0.717, 1.165) is 4.90 Å². The molecule has 1 aliphatic rings. The van der Waals surface area contributed by atoms with Gasteiger partial charge in [0.15, 0.2) is 0 Å². The number of amides is 2. The van der Waals surface area contributed by atoms with Crippen LogP contribution in [0.15, 0.2) is 23.1 Å². The standard InChI is InChI=1S/C16H21ClN2O3S/c1-10(2)23-14-12(17)6-3-7-13(14)18-16(22)19-8-4-5-11(9-19)15(20)21/h3,6-7,10-11H,4-5,8-9H2,1-2H3,(H,18,22)(H,20,21). The maximum Gasteiger partial charge on any atom is 0.321 e. The fourth-order valence-electron chi connectivity index (χ4n) is 2.52. The summed E-state index contributed by atoms with van der Waals surface area (Å²) in [4.78, 5) is 26.0. The molecule has 2 rings (SSSR count). The molecule has 0 bridgehead atoms. The van der Waals surface area contributed by atoms with Gasteiger partial charge in [-0.3, -0.25) is 4.79 Å². The SMILES string of the molecule is CC(C)Sc1c(Cl)cccc1NC(=O)N1CCCC(C(=O)O)C1. The van der Waals surface area contributed by atoms with Crippen LogP contribution in [0.5, 0.6) is 0 Å². The molecule has 1 aromatic carbocycles. The van der Waals surface area contributed by atoms with E-state index in [1.54, 1.807) is 28.8 Å². The molecule has 23 heavy (non-hydrogen) atoms. The number of carboxylic acids is 1. The zero-order valence-corrected chi connectivity index (χ0v) is 14.8. The molecule has 5 nitrogen and oxygen atoms in total. The van der Waals surface area contributed by atoms with Gasteiger partial charge in [0, 0.05) is 23.2 Å². The van der Waals surface area contributed by atoms with Gasteiger partial charge in [0.1, 0.15) is 0 Å². The number of benzene rings is 1. The van der Waals surface area contributed by atoms with Crippen LogP contribution in [0.3, 0.4) is 0 Å². The summed E-state index contributed by atoms with van der Waals surface area (Å²) >= 11 is 7.83. The van der Waals surface area contributed by atoms with E-state index in [4.69, 9.17) is 16.7 Å². The number of anilines is 1. The highest BCUT2D eigenvalue weighted by molar-refractivity contribution is 8.00. The highest BCUT2D eigenvalue weighted by Gasteiger charge is 2.28. The van der Waals surface area contributed by atoms with Crippen molar-refractivity contribution in [2.45, 2.75) is 36.8 Å². The quantitative estimate of drug-likeness (QED) is 0.794. The van der Waals surface area contributed by atoms with Crippen molar-refractivity contribution in [2.24, 2.45) is 5.92 Å². The van der Waals surface area contributed by atoms with Crippen LogP contribution >= 0.6 is 23.4 Å². The molecule has 0 aromatic heterocycles. The van der Waals surface area contributed by atoms with Crippen molar-refractivity contribution < 1.29 is 14.7 Å². The van der Waals surface area contributed by atoms with Crippen LogP contribution in [0.25, 0.3) is 0 Å². The number of nitrogens with zero attached hydrogens (tertiary/aromatic N) is 1. The summed E-state index contributed by atoms with van der Waals surface area (Å²) < 4.78 is 0. The van der Waals surface area contributed by atoms with Crippen molar-refractivity contribution in [3.05, 3.63) is 23.2 Å². The van der Waals surface area contributed by atoms with Gasteiger partial charge < -0.3 is 15.3 Å². The molecule has 1 fully saturated rings. The second-order valence-electron chi connectivity index (χ2n) is 5.84. The van der Waals surface area contributed by atoms with Crippen LogP contribution in [-0.4, -0.2) is 40.3 Å². The zero-order valence-electron chi connectivity index (χ0n) is 13.2. The summed E-state index contributed by atoms with van der Waals surface area (Å²) in [5, 5.41) is 12.9. The number of carboxylic acid groups (broad SMARTS) is 1. The minimum Gasteiger partial charge on any atom is -0.481 e. The largest absolute Gasteiger partial charge is 0.481 e. The lowest BCUT2D eigenvalue weighted by atomic mass is 9.99. The van der Waals surface area contributed by atoms with Gasteiger partial charge in [0.25, 0.3) is 0 Å². The summed E-state index contributed by atoms with van der Waals surface area (Å²) in [7, 11) is 0. The molecule has 0 radical (unpaired) electrons. The highest BCUT2D eigenvalue weighted by Crippen LogP contribution is 2.36. The summed E-state index contributed by atoms with van der Waals surface area (Å²) in [6, 6.07) is 5.12. The second kappa shape index (κ2) is 7.93. The third kappa shape index (κ3) is 4.78. The van der Waals surface area contributed by atoms with Crippen molar-refractivity contribution in [3.63, 3.8) is 0 Å². The second-order valence-corrected chi connectivity index (χ2v) is 7.83. The third-order valence-corrected chi connectivity index (χ3v) is 5.19. The Labute approximate surface area is 145 Å². The number of halogens is 1. The van der Waals surface area contributed by atoms with Crippen LogP contribution in [0.4, 0.5) is 10.5 Å². The first-order valence-corrected chi connectivity index (χ1v) is 8.88. The molecule has 2 amide bonds. The maximum absolute atomic E-state index is 12.5. The number of carbonyl (C=O) groups is 2. The first-order valence-electron chi connectivity index (χ1n) is 7.62. The fourth-order valence-corrected chi connectivity index (χ4v) is 3.73. The topological polar surface area (TPSA) is 69.6 Å². The fraction of sp³-hybridized carbons (Fsp3) is 0.500. The van der Waals surface area contributed by atoms with E-state index in [2.05, 4.69) is 19.2 Å². The molecule has 1 aromatic rings. The molecular weight excluding hydrogens is 336 g/mol. The van der Waals surface area contributed by atoms with Crippen molar-refractivity contribution in [1.29, 1.82) is 0 Å². The van der Waals surface area contributed by atoms with Gasteiger partial charge >= 0.3 is 12.0 Å². The Hall–Kier alpha value is -1.40. The lowest BCUT2D eigenvalue weighted by Gasteiger charge is -2.31. The van der Waals surface area contributed by atoms with Gasteiger partial charge in [0.2, 0.25) is 0 Å². The van der Waals surface area contributed by atoms with Gasteiger partial charge in [-0.1, -0.05) is 31.5 Å². The number of rotatable bonds is 4. The lowest BCUT2D eigenvalue weighted by molar-refractivity contribution is -0.143. The van der Waals surface area contributed by atoms with E-state index in [0.29, 0.717) is 35.3 Å². The Bertz CT molecular complexity index is 595. The third-order valence-electron chi connectivity index (χ3n) is 3.62. The predicted octanol–water partition coefficient (Wildman–Crippen LogP) is 4.17. The molecule has 0 aliphatic carbocycles. The maximum atomic E-state index is 12.5. The molecule has 1 aliphatic heterocycles. The van der Waals surface area contributed by atoms with Crippen molar-refractivity contribution in [2.75, 3.05) is 18.4 Å². The summed E-state index contributed by atoms with van der Waals surface area (Å²) in [6.45, 7) is 4.93. The summed E-state index contributed by atoms with van der Waals surface area (Å²) in [5.74, 6) is -1.33. The number of nitrogens with one attached hydrogen (secondary N) is 1. The minimum absolute atomic E-state index is 0.244. The van der Waals surface area contributed by atoms with E-state index in [1.807, 2.05) is 6.07 Å². The number of thioether (sulfide) groups is 1. The summed E-state index contributed by atoms with van der Waals surface area (Å²) in [5.41, 5.74) is 0.665. The summed E-state index contributed by atoms with van der Waals surface area (Å²) in [6.07, 6.45) is 1.32. The average Bonchev–Trinajstić information content (AvgIpc) is 2.50. The van der Waals surface area contributed by atoms with Crippen LogP contribution in [0, 0.1) is 5.92 Å². The van der Waals surface area contributed by atoms with Gasteiger partial charge in [-0.05, 0) is 25.0 Å². The van der Waals surface area contributed by atoms with Crippen LogP contribution in [0.2, 0.25) is 5.02 Å². The molecule has 126 valence electrons. The van der Waals surface area contributed by atoms with Gasteiger partial charge in [0.05, 0.1) is 16.6 Å². The number of hydrogen-bond donors (Lipinski definition) is 2. The minimum atomic E-state index is -0.846. The molecule has 1 unspecified atom stereocenters. The lowest BCUT2D eigenvalue weighted by Crippen LogP contribution is -2.44. The number of carbonyl (C=O) groups excluding carboxylic acids is 1. The predicted molar refractivity (Wildman–Crippen MR) is 93.4 cm³/mol. The number of likely N-dealkylation sites (tertiary alicyclic amines) is 1. The van der Waals surface area contributed by atoms with E-state index in [1.165, 1.54) is 0 Å². The zero-order chi connectivity index (χ0) is 17.0. The Morgan fingerprint density at radius 1 is 1.43 bits per heavy atom. The molecule has 7 heteroatoms. The first kappa shape index (κ1) is 17.9. The van der Waals surface area contributed by atoms with E-state index in [9.17, 15) is 9.59 Å². The smallest absolute Gasteiger partial charge is 0.321 e. The number of piperidine rings is 1. The van der Waals surface area contributed by atoms with Crippen LogP contribution < -0.4 is 5.32 Å². The molecule has 0 saturated carbocycles. The van der Waals surface area contributed by atoms with E-state index in [-0.39, 0.29) is 12.6 Å². The van der Waals surface area contributed by atoms with E-state index < -0.39 is 11.9 Å². The Balaban J connectivity index is 2.11. The Morgan fingerprint density at radius 3 is 2.83 bits per heavy atom. The van der Waals surface area contributed by atoms with Gasteiger partial charge in [-0.25, -0.2) is 4.79 Å². The highest BCUT2D eigenvalue weighted by atomic mass is 35.5. The molecule has 1 saturated heterocycles. The first-order chi connectivity index (χ1) is 10.9. The number of urea groups is 1. The van der Waals surface area contributed by atoms with Crippen LogP contribution in [0.1, 0.15) is 26.7 Å². The molecule has 2 N–H and O–H groups in total. The monoisotopic (exact) mass is 356 g/mol. The van der Waals surface area contributed by atoms with Gasteiger partial charge in [-0.15, -0.1) is 11.8 Å². The Kier molecular flexibility index (Phi) is 6.18. The van der Waals surface area contributed by atoms with Crippen molar-refractivity contribution >= 4 is 41.1 Å². The molecule has 1 atom stereocenters. The van der Waals surface area contributed by atoms with E-state index >= 15 is 0 Å². The molecule has 0 spiro atoms. The number of aliphatic carboxylic acids is 1. The van der Waals surface area contributed by atoms with Crippen molar-refractivity contribution in [1.82, 2.24) is 4.90 Å². The van der Waals surface area contributed by atoms with Crippen LogP contribution in [-0.2, 0) is 4.79 Å². The van der Waals surface area contributed by atoms with Gasteiger partial charge in [-0.2, -0.15) is 0 Å². The Morgan fingerprint density at radius 2 is 2.17 bits per heavy atom. The number of hydrogen-bond acceptors (Lipinski definition) is 3. The molecular formula is C16H21ClN2O3S. The van der Waals surface area contributed by atoms with Crippen molar-refractivity contribution in [3.8, 4) is 0 Å². The molecule has 1 heterocycles. The normalized spacial score (nSPS) is 18.1. The average molecular weight is 357 g/mol.